The van der Waals surface area contributed by atoms with Gasteiger partial charge < -0.3 is 9.64 Å². The third kappa shape index (κ3) is 3.37. The van der Waals surface area contributed by atoms with E-state index in [4.69, 9.17) is 17.0 Å². The molecule has 3 nitrogen and oxygen atoms in total. The molecule has 2 atom stereocenters. The van der Waals surface area contributed by atoms with Crippen molar-refractivity contribution in [3.8, 4) is 0 Å². The summed E-state index contributed by atoms with van der Waals surface area (Å²) in [7, 11) is 0. The molecular formula is C16H21NO2S. The number of nitrogens with zero attached hydrogens (tertiary/aromatic N) is 1. The molecule has 1 fully saturated rings. The van der Waals surface area contributed by atoms with Crippen molar-refractivity contribution in [2.75, 3.05) is 6.61 Å². The van der Waals surface area contributed by atoms with Gasteiger partial charge >= 0.3 is 5.97 Å². The van der Waals surface area contributed by atoms with Gasteiger partial charge in [0.05, 0.1) is 17.5 Å². The highest BCUT2D eigenvalue weighted by molar-refractivity contribution is 7.80. The van der Waals surface area contributed by atoms with E-state index in [2.05, 4.69) is 24.0 Å². The topological polar surface area (TPSA) is 29.5 Å². The normalized spacial score (nSPS) is 22.7. The molecule has 0 spiro atoms. The molecule has 1 aliphatic rings. The Bertz CT molecular complexity index is 475. The zero-order chi connectivity index (χ0) is 14.5. The number of hydrogen-bond acceptors (Lipinski definition) is 3. The van der Waals surface area contributed by atoms with E-state index < -0.39 is 0 Å². The van der Waals surface area contributed by atoms with E-state index in [9.17, 15) is 4.79 Å². The van der Waals surface area contributed by atoms with Gasteiger partial charge in [-0.1, -0.05) is 42.5 Å². The van der Waals surface area contributed by atoms with Crippen molar-refractivity contribution in [2.24, 2.45) is 5.92 Å². The van der Waals surface area contributed by atoms with Gasteiger partial charge in [0.25, 0.3) is 0 Å². The van der Waals surface area contributed by atoms with E-state index in [1.165, 1.54) is 5.56 Å². The number of esters is 1. The molecule has 0 saturated carbocycles. The van der Waals surface area contributed by atoms with Crippen LogP contribution in [0.25, 0.3) is 0 Å². The van der Waals surface area contributed by atoms with Gasteiger partial charge in [-0.05, 0) is 32.3 Å². The molecule has 1 aromatic carbocycles. The standard InChI is InChI=1S/C16H21NO2S/c1-3-19-16(18)14-9-10-15(20)17(12(14)2)11-13-7-5-4-6-8-13/h4-8,12,14H,3,9-11H2,1-2H3/t12-,14-/m1/s1. The highest BCUT2D eigenvalue weighted by Gasteiger charge is 2.35. The molecule has 0 unspecified atom stereocenters. The third-order valence-corrected chi connectivity index (χ3v) is 4.29. The van der Waals surface area contributed by atoms with Gasteiger partial charge in [-0.15, -0.1) is 0 Å². The van der Waals surface area contributed by atoms with E-state index in [0.29, 0.717) is 6.61 Å². The Labute approximate surface area is 125 Å². The summed E-state index contributed by atoms with van der Waals surface area (Å²) in [6.07, 6.45) is 1.58. The Hall–Kier alpha value is -1.42. The number of hydrogen-bond donors (Lipinski definition) is 0. The zero-order valence-electron chi connectivity index (χ0n) is 12.0. The molecule has 108 valence electrons. The number of piperidine rings is 1. The van der Waals surface area contributed by atoms with Crippen molar-refractivity contribution < 1.29 is 9.53 Å². The van der Waals surface area contributed by atoms with Gasteiger partial charge in [0, 0.05) is 12.6 Å². The Kier molecular flexibility index (Phi) is 5.12. The maximum atomic E-state index is 12.0. The van der Waals surface area contributed by atoms with E-state index in [0.717, 1.165) is 24.4 Å². The van der Waals surface area contributed by atoms with Crippen LogP contribution in [0.15, 0.2) is 30.3 Å². The minimum Gasteiger partial charge on any atom is -0.466 e. The number of ether oxygens (including phenoxy) is 1. The minimum atomic E-state index is -0.0967. The summed E-state index contributed by atoms with van der Waals surface area (Å²) in [5.41, 5.74) is 1.21. The van der Waals surface area contributed by atoms with Crippen LogP contribution >= 0.6 is 12.2 Å². The van der Waals surface area contributed by atoms with Crippen LogP contribution in [0.1, 0.15) is 32.3 Å². The summed E-state index contributed by atoms with van der Waals surface area (Å²) in [6, 6.07) is 10.3. The molecule has 4 heteroatoms. The SMILES string of the molecule is CCOC(=O)[C@@H]1CCC(=S)N(Cc2ccccc2)[C@@H]1C. The predicted molar refractivity (Wildman–Crippen MR) is 83.4 cm³/mol. The summed E-state index contributed by atoms with van der Waals surface area (Å²) in [5.74, 6) is -0.175. The van der Waals surface area contributed by atoms with Gasteiger partial charge in [-0.2, -0.15) is 0 Å². The second-order valence-corrected chi connectivity index (χ2v) is 5.62. The van der Waals surface area contributed by atoms with Gasteiger partial charge in [-0.3, -0.25) is 4.79 Å². The van der Waals surface area contributed by atoms with Gasteiger partial charge in [-0.25, -0.2) is 0 Å². The summed E-state index contributed by atoms with van der Waals surface area (Å²) < 4.78 is 5.18. The van der Waals surface area contributed by atoms with Crippen molar-refractivity contribution in [2.45, 2.75) is 39.3 Å². The first-order valence-electron chi connectivity index (χ1n) is 7.13. The number of carbonyl (C=O) groups is 1. The smallest absolute Gasteiger partial charge is 0.311 e. The van der Waals surface area contributed by atoms with Crippen molar-refractivity contribution in [1.29, 1.82) is 0 Å². The average molecular weight is 291 g/mol. The Morgan fingerprint density at radius 3 is 2.75 bits per heavy atom. The van der Waals surface area contributed by atoms with Gasteiger partial charge in [0.2, 0.25) is 0 Å². The summed E-state index contributed by atoms with van der Waals surface area (Å²) in [6.45, 7) is 5.11. The van der Waals surface area contributed by atoms with Crippen LogP contribution in [0.3, 0.4) is 0 Å². The molecule has 0 N–H and O–H groups in total. The molecular weight excluding hydrogens is 270 g/mol. The number of thiocarbonyl (C=S) groups is 1. The maximum absolute atomic E-state index is 12.0. The molecule has 0 amide bonds. The van der Waals surface area contributed by atoms with Crippen molar-refractivity contribution >= 4 is 23.2 Å². The Balaban J connectivity index is 2.10. The van der Waals surface area contributed by atoms with Gasteiger partial charge in [0.1, 0.15) is 0 Å². The second-order valence-electron chi connectivity index (χ2n) is 5.15. The summed E-state index contributed by atoms with van der Waals surface area (Å²) in [4.78, 5) is 15.1. The summed E-state index contributed by atoms with van der Waals surface area (Å²) >= 11 is 5.48. The molecule has 0 radical (unpaired) electrons. The molecule has 0 aliphatic carbocycles. The first kappa shape index (κ1) is 15.0. The van der Waals surface area contributed by atoms with Crippen LogP contribution < -0.4 is 0 Å². The van der Waals surface area contributed by atoms with E-state index in [1.54, 1.807) is 0 Å². The van der Waals surface area contributed by atoms with Crippen LogP contribution in [-0.4, -0.2) is 28.5 Å². The lowest BCUT2D eigenvalue weighted by Crippen LogP contribution is -2.48. The molecule has 1 heterocycles. The third-order valence-electron chi connectivity index (χ3n) is 3.85. The van der Waals surface area contributed by atoms with E-state index >= 15 is 0 Å². The lowest BCUT2D eigenvalue weighted by Gasteiger charge is -2.40. The minimum absolute atomic E-state index is 0.0784. The van der Waals surface area contributed by atoms with Crippen molar-refractivity contribution in [3.63, 3.8) is 0 Å². The van der Waals surface area contributed by atoms with Crippen LogP contribution in [0, 0.1) is 5.92 Å². The van der Waals surface area contributed by atoms with Crippen LogP contribution in [0.5, 0.6) is 0 Å². The monoisotopic (exact) mass is 291 g/mol. The first-order valence-corrected chi connectivity index (χ1v) is 7.54. The predicted octanol–water partition coefficient (Wildman–Crippen LogP) is 3.18. The lowest BCUT2D eigenvalue weighted by molar-refractivity contribution is -0.150. The van der Waals surface area contributed by atoms with E-state index in [-0.39, 0.29) is 17.9 Å². The molecule has 1 saturated heterocycles. The molecule has 2 rings (SSSR count). The average Bonchev–Trinajstić information content (AvgIpc) is 2.45. The summed E-state index contributed by atoms with van der Waals surface area (Å²) in [5, 5.41) is 0. The van der Waals surface area contributed by atoms with Crippen LogP contribution in [-0.2, 0) is 16.1 Å². The first-order chi connectivity index (χ1) is 9.63. The van der Waals surface area contributed by atoms with Crippen molar-refractivity contribution in [3.05, 3.63) is 35.9 Å². The molecule has 0 aromatic heterocycles. The van der Waals surface area contributed by atoms with Gasteiger partial charge in [0.15, 0.2) is 0 Å². The number of benzene rings is 1. The van der Waals surface area contributed by atoms with Crippen LogP contribution in [0.4, 0.5) is 0 Å². The second kappa shape index (κ2) is 6.84. The Morgan fingerprint density at radius 2 is 2.10 bits per heavy atom. The quantitative estimate of drug-likeness (QED) is 0.629. The molecule has 0 bridgehead atoms. The molecule has 20 heavy (non-hydrogen) atoms. The highest BCUT2D eigenvalue weighted by atomic mass is 32.1. The molecule has 1 aromatic rings. The van der Waals surface area contributed by atoms with Crippen molar-refractivity contribution in [1.82, 2.24) is 4.90 Å². The number of carbonyl (C=O) groups excluding carboxylic acids is 1. The zero-order valence-corrected chi connectivity index (χ0v) is 12.9. The fraction of sp³-hybridized carbons (Fsp3) is 0.500. The molecule has 1 aliphatic heterocycles. The largest absolute Gasteiger partial charge is 0.466 e. The van der Waals surface area contributed by atoms with Crippen LogP contribution in [0.2, 0.25) is 0 Å². The van der Waals surface area contributed by atoms with E-state index in [1.807, 2.05) is 25.1 Å². The maximum Gasteiger partial charge on any atom is 0.311 e. The number of likely N-dealkylation sites (tertiary alicyclic amines) is 1. The fourth-order valence-corrected chi connectivity index (χ4v) is 3.03. The lowest BCUT2D eigenvalue weighted by atomic mass is 9.90. The number of rotatable bonds is 4. The fourth-order valence-electron chi connectivity index (χ4n) is 2.68. The Morgan fingerprint density at radius 1 is 1.40 bits per heavy atom. The highest BCUT2D eigenvalue weighted by Crippen LogP contribution is 2.28.